The molecule has 0 spiro atoms. The molecule has 1 aromatic carbocycles. The molecule has 0 bridgehead atoms. The number of phenolic OH excluding ortho intramolecular Hbond substituents is 1. The van der Waals surface area contributed by atoms with Crippen molar-refractivity contribution < 1.29 is 14.2 Å². The second-order valence-electron chi connectivity index (χ2n) is 5.00. The fourth-order valence-corrected chi connectivity index (χ4v) is 2.41. The maximum atomic E-state index is 10.5. The predicted molar refractivity (Wildman–Crippen MR) is 73.0 cm³/mol. The third-order valence-corrected chi connectivity index (χ3v) is 3.32. The summed E-state index contributed by atoms with van der Waals surface area (Å²) >= 11 is 0. The van der Waals surface area contributed by atoms with Crippen LogP contribution >= 0.6 is 0 Å². The molecular formula is C15H18N4O+2. The zero-order valence-electron chi connectivity index (χ0n) is 11.4. The summed E-state index contributed by atoms with van der Waals surface area (Å²) in [6, 6.07) is 4.06. The van der Waals surface area contributed by atoms with Crippen molar-refractivity contribution in [2.45, 2.75) is 20.0 Å². The van der Waals surface area contributed by atoms with Gasteiger partial charge in [-0.3, -0.25) is 9.97 Å². The predicted octanol–water partition coefficient (Wildman–Crippen LogP) is 1.03. The first-order valence-corrected chi connectivity index (χ1v) is 6.57. The lowest BCUT2D eigenvalue weighted by atomic mass is 10.0. The number of aromatic hydroxyl groups is 1. The molecule has 3 aromatic rings. The maximum Gasteiger partial charge on any atom is 0.241 e. The van der Waals surface area contributed by atoms with Crippen LogP contribution in [0.2, 0.25) is 0 Å². The highest BCUT2D eigenvalue weighted by Gasteiger charge is 2.13. The summed E-state index contributed by atoms with van der Waals surface area (Å²) < 4.78 is 4.00. The molecular weight excluding hydrogens is 252 g/mol. The topological polar surface area (TPSA) is 59.6 Å². The smallest absolute Gasteiger partial charge is 0.241 e. The molecule has 3 N–H and O–H groups in total. The number of aromatic nitrogens is 4. The average Bonchev–Trinajstić information content (AvgIpc) is 3.08. The van der Waals surface area contributed by atoms with Crippen LogP contribution in [0.5, 0.6) is 5.75 Å². The molecule has 2 aromatic heterocycles. The van der Waals surface area contributed by atoms with Crippen molar-refractivity contribution in [3.05, 3.63) is 66.3 Å². The van der Waals surface area contributed by atoms with E-state index < -0.39 is 0 Å². The number of rotatable bonds is 4. The fourth-order valence-electron chi connectivity index (χ4n) is 2.41. The number of nitrogens with zero attached hydrogens (tertiary/aromatic N) is 2. The Morgan fingerprint density at radius 3 is 1.85 bits per heavy atom. The quantitative estimate of drug-likeness (QED) is 0.609. The monoisotopic (exact) mass is 270 g/mol. The molecule has 2 heterocycles. The number of hydrogen-bond acceptors (Lipinski definition) is 1. The van der Waals surface area contributed by atoms with Crippen LogP contribution in [0.25, 0.3) is 0 Å². The first kappa shape index (κ1) is 12.5. The van der Waals surface area contributed by atoms with E-state index in [1.54, 1.807) is 0 Å². The van der Waals surface area contributed by atoms with Gasteiger partial charge in [0.2, 0.25) is 12.7 Å². The Morgan fingerprint density at radius 2 is 1.45 bits per heavy atom. The van der Waals surface area contributed by atoms with Gasteiger partial charge in [-0.05, 0) is 19.1 Å². The number of benzene rings is 1. The number of phenols is 1. The summed E-state index contributed by atoms with van der Waals surface area (Å²) in [4.78, 5) is 6.02. The number of hydrogen-bond donors (Lipinski definition) is 3. The Bertz CT molecular complexity index is 629. The van der Waals surface area contributed by atoms with Gasteiger partial charge in [-0.2, -0.15) is 0 Å². The lowest BCUT2D eigenvalue weighted by molar-refractivity contribution is -0.688. The van der Waals surface area contributed by atoms with Crippen molar-refractivity contribution >= 4 is 0 Å². The minimum absolute atomic E-state index is 0.373. The number of nitrogens with one attached hydrogen (secondary N) is 2. The van der Waals surface area contributed by atoms with Crippen molar-refractivity contribution in [2.75, 3.05) is 0 Å². The summed E-state index contributed by atoms with van der Waals surface area (Å²) in [6.45, 7) is 3.36. The van der Waals surface area contributed by atoms with Gasteiger partial charge in [0.1, 0.15) is 43.6 Å². The van der Waals surface area contributed by atoms with Gasteiger partial charge in [-0.15, -0.1) is 0 Å². The lowest BCUT2D eigenvalue weighted by Crippen LogP contribution is -2.32. The van der Waals surface area contributed by atoms with E-state index in [0.717, 1.165) is 16.7 Å². The normalized spacial score (nSPS) is 10.8. The molecule has 0 fully saturated rings. The average molecular weight is 270 g/mol. The number of aromatic amines is 2. The van der Waals surface area contributed by atoms with Crippen molar-refractivity contribution in [3.63, 3.8) is 0 Å². The van der Waals surface area contributed by atoms with E-state index in [9.17, 15) is 5.11 Å². The Labute approximate surface area is 117 Å². The van der Waals surface area contributed by atoms with Crippen LogP contribution in [0, 0.1) is 6.92 Å². The van der Waals surface area contributed by atoms with Gasteiger partial charge in [0.15, 0.2) is 0 Å². The van der Waals surface area contributed by atoms with Crippen molar-refractivity contribution in [1.29, 1.82) is 0 Å². The first-order chi connectivity index (χ1) is 9.72. The lowest BCUT2D eigenvalue weighted by Gasteiger charge is -2.09. The molecule has 0 amide bonds. The first-order valence-electron chi connectivity index (χ1n) is 6.57. The highest BCUT2D eigenvalue weighted by molar-refractivity contribution is 5.42. The Kier molecular flexibility index (Phi) is 3.25. The Morgan fingerprint density at radius 1 is 0.950 bits per heavy atom. The molecule has 0 saturated carbocycles. The van der Waals surface area contributed by atoms with Crippen molar-refractivity contribution in [3.8, 4) is 5.75 Å². The van der Waals surface area contributed by atoms with Crippen molar-refractivity contribution in [1.82, 2.24) is 9.97 Å². The highest BCUT2D eigenvalue weighted by Crippen LogP contribution is 2.24. The summed E-state index contributed by atoms with van der Waals surface area (Å²) in [5, 5.41) is 10.5. The zero-order chi connectivity index (χ0) is 13.9. The van der Waals surface area contributed by atoms with E-state index in [2.05, 4.69) is 16.9 Å². The number of imidazole rings is 2. The summed E-state index contributed by atoms with van der Waals surface area (Å²) in [6.07, 6.45) is 11.4. The van der Waals surface area contributed by atoms with Gasteiger partial charge in [-0.1, -0.05) is 5.56 Å². The molecule has 0 aliphatic rings. The van der Waals surface area contributed by atoms with E-state index in [1.165, 1.54) is 0 Å². The largest absolute Gasteiger partial charge is 0.507 e. The molecule has 0 atom stereocenters. The second-order valence-corrected chi connectivity index (χ2v) is 5.00. The number of aryl methyl sites for hydroxylation is 1. The van der Waals surface area contributed by atoms with Crippen LogP contribution < -0.4 is 9.13 Å². The third-order valence-electron chi connectivity index (χ3n) is 3.32. The van der Waals surface area contributed by atoms with E-state index in [-0.39, 0.29) is 0 Å². The third kappa shape index (κ3) is 2.56. The van der Waals surface area contributed by atoms with E-state index >= 15 is 0 Å². The standard InChI is InChI=1S/C15H16N4O/c1-12-6-13(8-18-4-2-16-10-18)15(20)14(7-12)9-19-5-3-17-11-19/h2-7,10-11,20H,8-9H2,1H3/p+2. The second kappa shape index (κ2) is 5.21. The Balaban J connectivity index is 1.92. The summed E-state index contributed by atoms with van der Waals surface area (Å²) in [5.41, 5.74) is 3.02. The minimum Gasteiger partial charge on any atom is -0.507 e. The summed E-state index contributed by atoms with van der Waals surface area (Å²) in [7, 11) is 0. The van der Waals surface area contributed by atoms with Gasteiger partial charge in [0, 0.05) is 11.1 Å². The van der Waals surface area contributed by atoms with Crippen molar-refractivity contribution in [2.24, 2.45) is 0 Å². The maximum absolute atomic E-state index is 10.5. The van der Waals surface area contributed by atoms with Gasteiger partial charge >= 0.3 is 0 Å². The van der Waals surface area contributed by atoms with Crippen LogP contribution in [0.1, 0.15) is 16.7 Å². The highest BCUT2D eigenvalue weighted by atomic mass is 16.3. The molecule has 3 rings (SSSR count). The van der Waals surface area contributed by atoms with Gasteiger partial charge in [0.25, 0.3) is 0 Å². The minimum atomic E-state index is 0.373. The molecule has 102 valence electrons. The van der Waals surface area contributed by atoms with Crippen LogP contribution in [0.4, 0.5) is 0 Å². The molecule has 5 heteroatoms. The molecule has 20 heavy (non-hydrogen) atoms. The SMILES string of the molecule is Cc1cc(C[n+]2cc[nH]c2)c(O)c(C[n+]2cc[nH]c2)c1. The zero-order valence-corrected chi connectivity index (χ0v) is 11.4. The molecule has 5 nitrogen and oxygen atoms in total. The van der Waals surface area contributed by atoms with Crippen LogP contribution in [-0.2, 0) is 13.1 Å². The van der Waals surface area contributed by atoms with Crippen LogP contribution in [-0.4, -0.2) is 15.1 Å². The van der Waals surface area contributed by atoms with Crippen LogP contribution in [0.3, 0.4) is 0 Å². The van der Waals surface area contributed by atoms with E-state index in [4.69, 9.17) is 0 Å². The molecule has 0 aliphatic heterocycles. The van der Waals surface area contributed by atoms with Gasteiger partial charge in [-0.25, -0.2) is 9.13 Å². The molecule has 0 aliphatic carbocycles. The number of H-pyrrole nitrogens is 2. The summed E-state index contributed by atoms with van der Waals surface area (Å²) in [5.74, 6) is 0.373. The van der Waals surface area contributed by atoms with Gasteiger partial charge < -0.3 is 5.11 Å². The van der Waals surface area contributed by atoms with Gasteiger partial charge in [0.05, 0.1) is 0 Å². The molecule has 0 radical (unpaired) electrons. The molecule has 0 unspecified atom stereocenters. The Hall–Kier alpha value is -2.56. The van der Waals surface area contributed by atoms with Crippen LogP contribution in [0.15, 0.2) is 49.6 Å². The van der Waals surface area contributed by atoms with E-state index in [1.807, 2.05) is 58.7 Å². The molecule has 0 saturated heterocycles. The fraction of sp³-hybridized carbons (Fsp3) is 0.200. The van der Waals surface area contributed by atoms with E-state index in [0.29, 0.717) is 18.8 Å².